The molecule has 0 amide bonds. The van der Waals surface area contributed by atoms with Gasteiger partial charge in [-0.3, -0.25) is 5.32 Å². The average Bonchev–Trinajstić information content (AvgIpc) is 2.47. The highest BCUT2D eigenvalue weighted by Crippen LogP contribution is 2.33. The van der Waals surface area contributed by atoms with E-state index in [4.69, 9.17) is 0 Å². The van der Waals surface area contributed by atoms with E-state index in [9.17, 15) is 5.26 Å². The predicted octanol–water partition coefficient (Wildman–Crippen LogP) is 2.22. The standard InChI is InChI=1S/C17H32N4/c1-14(2)19-17(13-18)9-5-6-16(12-17)21(4)15-7-10-20(3)11-8-15/h14-16,19H,5-12H2,1-4H3. The lowest BCUT2D eigenvalue weighted by atomic mass is 9.78. The molecule has 2 atom stereocenters. The first-order valence-electron chi connectivity index (χ1n) is 8.55. The largest absolute Gasteiger partial charge is 0.306 e. The van der Waals surface area contributed by atoms with Crippen LogP contribution >= 0.6 is 0 Å². The zero-order valence-electron chi connectivity index (χ0n) is 14.2. The fraction of sp³-hybridized carbons (Fsp3) is 0.941. The van der Waals surface area contributed by atoms with Crippen LogP contribution in [0.3, 0.4) is 0 Å². The van der Waals surface area contributed by atoms with Gasteiger partial charge < -0.3 is 9.80 Å². The molecule has 4 nitrogen and oxygen atoms in total. The van der Waals surface area contributed by atoms with Crippen molar-refractivity contribution in [2.45, 2.75) is 76.0 Å². The van der Waals surface area contributed by atoms with E-state index in [1.807, 2.05) is 0 Å². The van der Waals surface area contributed by atoms with Gasteiger partial charge in [-0.2, -0.15) is 5.26 Å². The van der Waals surface area contributed by atoms with Gasteiger partial charge in [-0.25, -0.2) is 0 Å². The monoisotopic (exact) mass is 292 g/mol. The van der Waals surface area contributed by atoms with Gasteiger partial charge in [0.2, 0.25) is 0 Å². The predicted molar refractivity (Wildman–Crippen MR) is 87.2 cm³/mol. The maximum atomic E-state index is 9.70. The summed E-state index contributed by atoms with van der Waals surface area (Å²) in [7, 11) is 4.49. The van der Waals surface area contributed by atoms with E-state index in [0.717, 1.165) is 19.3 Å². The highest BCUT2D eigenvalue weighted by molar-refractivity contribution is 5.12. The Morgan fingerprint density at radius 2 is 1.90 bits per heavy atom. The number of hydrogen-bond donors (Lipinski definition) is 1. The van der Waals surface area contributed by atoms with E-state index < -0.39 is 0 Å². The van der Waals surface area contributed by atoms with Crippen LogP contribution in [0, 0.1) is 11.3 Å². The van der Waals surface area contributed by atoms with Crippen LogP contribution < -0.4 is 5.32 Å². The number of nitrogens with one attached hydrogen (secondary N) is 1. The van der Waals surface area contributed by atoms with E-state index in [2.05, 4.69) is 49.1 Å². The number of rotatable bonds is 4. The Hall–Kier alpha value is -0.630. The summed E-state index contributed by atoms with van der Waals surface area (Å²) in [6.07, 6.45) is 6.91. The first-order chi connectivity index (χ1) is 9.96. The number of likely N-dealkylation sites (tertiary alicyclic amines) is 1. The van der Waals surface area contributed by atoms with E-state index in [1.54, 1.807) is 0 Å². The van der Waals surface area contributed by atoms with Crippen molar-refractivity contribution in [1.29, 1.82) is 5.26 Å². The van der Waals surface area contributed by atoms with Crippen molar-refractivity contribution in [2.24, 2.45) is 0 Å². The van der Waals surface area contributed by atoms with Crippen LogP contribution in [-0.4, -0.2) is 60.6 Å². The number of hydrogen-bond acceptors (Lipinski definition) is 4. The van der Waals surface area contributed by atoms with Gasteiger partial charge in [-0.15, -0.1) is 0 Å². The van der Waals surface area contributed by atoms with Crippen molar-refractivity contribution in [3.63, 3.8) is 0 Å². The molecular formula is C17H32N4. The third kappa shape index (κ3) is 4.18. The van der Waals surface area contributed by atoms with Crippen LogP contribution in [0.4, 0.5) is 0 Å². The smallest absolute Gasteiger partial charge is 0.108 e. The minimum atomic E-state index is -0.309. The van der Waals surface area contributed by atoms with Crippen molar-refractivity contribution >= 4 is 0 Å². The van der Waals surface area contributed by atoms with Gasteiger partial charge >= 0.3 is 0 Å². The highest BCUT2D eigenvalue weighted by Gasteiger charge is 2.39. The second-order valence-electron chi connectivity index (χ2n) is 7.44. The summed E-state index contributed by atoms with van der Waals surface area (Å²) in [6, 6.07) is 4.22. The van der Waals surface area contributed by atoms with Crippen molar-refractivity contribution in [3.05, 3.63) is 0 Å². The topological polar surface area (TPSA) is 42.3 Å². The Morgan fingerprint density at radius 3 is 2.48 bits per heavy atom. The summed E-state index contributed by atoms with van der Waals surface area (Å²) in [5, 5.41) is 13.2. The molecule has 1 aliphatic heterocycles. The lowest BCUT2D eigenvalue weighted by molar-refractivity contribution is 0.0688. The maximum Gasteiger partial charge on any atom is 0.108 e. The number of nitrogens with zero attached hydrogens (tertiary/aromatic N) is 3. The average molecular weight is 292 g/mol. The van der Waals surface area contributed by atoms with Gasteiger partial charge in [-0.05, 0) is 79.6 Å². The number of piperidine rings is 1. The Bertz CT molecular complexity index is 367. The Kier molecular flexibility index (Phi) is 5.65. The molecule has 0 bridgehead atoms. The second kappa shape index (κ2) is 7.09. The SMILES string of the molecule is CC(C)NC1(C#N)CCCC(N(C)C2CCN(C)CC2)C1. The fourth-order valence-corrected chi connectivity index (χ4v) is 4.11. The van der Waals surface area contributed by atoms with Crippen LogP contribution in [0.15, 0.2) is 0 Å². The Morgan fingerprint density at radius 1 is 1.24 bits per heavy atom. The van der Waals surface area contributed by atoms with E-state index in [1.165, 1.54) is 32.4 Å². The van der Waals surface area contributed by atoms with E-state index in [-0.39, 0.29) is 5.54 Å². The van der Waals surface area contributed by atoms with Crippen molar-refractivity contribution in [3.8, 4) is 6.07 Å². The molecular weight excluding hydrogens is 260 g/mol. The normalized spacial score (nSPS) is 32.5. The van der Waals surface area contributed by atoms with Gasteiger partial charge in [0.25, 0.3) is 0 Å². The molecule has 1 aliphatic carbocycles. The third-order valence-electron chi connectivity index (χ3n) is 5.34. The Balaban J connectivity index is 1.98. The van der Waals surface area contributed by atoms with Gasteiger partial charge in [0.05, 0.1) is 6.07 Å². The summed E-state index contributed by atoms with van der Waals surface area (Å²) in [6.45, 7) is 6.69. The van der Waals surface area contributed by atoms with Gasteiger partial charge in [0, 0.05) is 18.1 Å². The quantitative estimate of drug-likeness (QED) is 0.863. The molecule has 0 spiro atoms. The summed E-state index contributed by atoms with van der Waals surface area (Å²) in [5.41, 5.74) is -0.309. The molecule has 1 heterocycles. The number of nitriles is 1. The first kappa shape index (κ1) is 16.7. The van der Waals surface area contributed by atoms with Crippen molar-refractivity contribution in [2.75, 3.05) is 27.2 Å². The van der Waals surface area contributed by atoms with Gasteiger partial charge in [0.15, 0.2) is 0 Å². The third-order valence-corrected chi connectivity index (χ3v) is 5.34. The van der Waals surface area contributed by atoms with Crippen LogP contribution in [0.25, 0.3) is 0 Å². The van der Waals surface area contributed by atoms with Crippen molar-refractivity contribution < 1.29 is 0 Å². The molecule has 0 aromatic carbocycles. The zero-order valence-corrected chi connectivity index (χ0v) is 14.2. The molecule has 0 aromatic rings. The zero-order chi connectivity index (χ0) is 15.5. The lowest BCUT2D eigenvalue weighted by Crippen LogP contribution is -2.56. The minimum Gasteiger partial charge on any atom is -0.306 e. The molecule has 0 aromatic heterocycles. The summed E-state index contributed by atoms with van der Waals surface area (Å²) < 4.78 is 0. The lowest BCUT2D eigenvalue weighted by Gasteiger charge is -2.45. The Labute approximate surface area is 130 Å². The van der Waals surface area contributed by atoms with Gasteiger partial charge in [0.1, 0.15) is 5.54 Å². The highest BCUT2D eigenvalue weighted by atomic mass is 15.2. The van der Waals surface area contributed by atoms with E-state index >= 15 is 0 Å². The molecule has 4 heteroatoms. The molecule has 2 unspecified atom stereocenters. The molecule has 2 rings (SSSR count). The van der Waals surface area contributed by atoms with Crippen LogP contribution in [0.5, 0.6) is 0 Å². The van der Waals surface area contributed by atoms with Crippen LogP contribution in [0.1, 0.15) is 52.4 Å². The molecule has 21 heavy (non-hydrogen) atoms. The summed E-state index contributed by atoms with van der Waals surface area (Å²) >= 11 is 0. The molecule has 120 valence electrons. The first-order valence-corrected chi connectivity index (χ1v) is 8.55. The minimum absolute atomic E-state index is 0.309. The molecule has 0 radical (unpaired) electrons. The van der Waals surface area contributed by atoms with E-state index in [0.29, 0.717) is 18.1 Å². The second-order valence-corrected chi connectivity index (χ2v) is 7.44. The summed E-state index contributed by atoms with van der Waals surface area (Å²) in [5.74, 6) is 0. The van der Waals surface area contributed by atoms with Crippen LogP contribution in [-0.2, 0) is 0 Å². The van der Waals surface area contributed by atoms with Crippen molar-refractivity contribution in [1.82, 2.24) is 15.1 Å². The fourth-order valence-electron chi connectivity index (χ4n) is 4.11. The molecule has 2 aliphatic rings. The van der Waals surface area contributed by atoms with Gasteiger partial charge in [-0.1, -0.05) is 0 Å². The summed E-state index contributed by atoms with van der Waals surface area (Å²) in [4.78, 5) is 5.01. The maximum absolute atomic E-state index is 9.70. The molecule has 1 saturated carbocycles. The van der Waals surface area contributed by atoms with Crippen LogP contribution in [0.2, 0.25) is 0 Å². The molecule has 1 N–H and O–H groups in total. The molecule has 1 saturated heterocycles. The molecule has 2 fully saturated rings.